The van der Waals surface area contributed by atoms with Gasteiger partial charge in [0.2, 0.25) is 0 Å². The number of aromatic amines is 1. The summed E-state index contributed by atoms with van der Waals surface area (Å²) >= 11 is 0. The van der Waals surface area contributed by atoms with E-state index < -0.39 is 11.6 Å². The van der Waals surface area contributed by atoms with Crippen LogP contribution in [-0.4, -0.2) is 93.2 Å². The summed E-state index contributed by atoms with van der Waals surface area (Å²) in [5.74, 6) is 0.520. The molecule has 0 amide bonds. The van der Waals surface area contributed by atoms with E-state index in [1.54, 1.807) is 6.07 Å². The Morgan fingerprint density at radius 2 is 1.80 bits per heavy atom. The topological polar surface area (TPSA) is 86.3 Å². The lowest BCUT2D eigenvalue weighted by Crippen LogP contribution is -2.39. The predicted molar refractivity (Wildman–Crippen MR) is 168 cm³/mol. The van der Waals surface area contributed by atoms with Crippen LogP contribution in [0.2, 0.25) is 0 Å². The number of fused-ring (bicyclic) bond motifs is 2. The first-order valence-electron chi connectivity index (χ1n) is 15.9. The zero-order chi connectivity index (χ0) is 30.8. The van der Waals surface area contributed by atoms with E-state index in [-0.39, 0.29) is 23.9 Å². The van der Waals surface area contributed by atoms with Crippen molar-refractivity contribution in [2.45, 2.75) is 58.9 Å². The van der Waals surface area contributed by atoms with E-state index >= 15 is 8.78 Å². The molecule has 1 fully saturated rings. The molecular formula is C33H42F2N8O. The van der Waals surface area contributed by atoms with Crippen molar-refractivity contribution in [1.29, 1.82) is 0 Å². The van der Waals surface area contributed by atoms with Crippen molar-refractivity contribution in [2.75, 3.05) is 57.3 Å². The standard InChI is InChI=1S/C33H42F2N8O/c1-5-41(6-2)11-12-42-9-7-22(8-10-42)26-17-27-28(20-36-26)39-31(38-27)18-30-37-19-25(35)32(40-30)23-15-24(34)33-29(16-23)43(21(3)4)13-14-44-33/h15-17,19-22H,5-14,18H2,1-4H3,(H,38,39). The molecule has 11 heteroatoms. The van der Waals surface area contributed by atoms with Crippen LogP contribution in [0.3, 0.4) is 0 Å². The third-order valence-corrected chi connectivity index (χ3v) is 9.00. The van der Waals surface area contributed by atoms with Gasteiger partial charge in [0.25, 0.3) is 0 Å². The quantitative estimate of drug-likeness (QED) is 0.257. The molecule has 0 atom stereocenters. The second kappa shape index (κ2) is 13.1. The number of hydrogen-bond donors (Lipinski definition) is 1. The normalized spacial score (nSPS) is 16.2. The molecule has 0 radical (unpaired) electrons. The van der Waals surface area contributed by atoms with E-state index in [1.165, 1.54) is 6.07 Å². The Bertz CT molecular complexity index is 1600. The molecule has 0 aliphatic carbocycles. The van der Waals surface area contributed by atoms with E-state index in [1.807, 2.05) is 20.0 Å². The van der Waals surface area contributed by atoms with Gasteiger partial charge in [0.1, 0.15) is 23.9 Å². The van der Waals surface area contributed by atoms with E-state index in [9.17, 15) is 0 Å². The van der Waals surface area contributed by atoms with Gasteiger partial charge >= 0.3 is 0 Å². The van der Waals surface area contributed by atoms with Crippen molar-refractivity contribution in [3.05, 3.63) is 59.6 Å². The van der Waals surface area contributed by atoms with Crippen LogP contribution in [0.4, 0.5) is 14.5 Å². The number of rotatable bonds is 10. The lowest BCUT2D eigenvalue weighted by Gasteiger charge is -2.34. The summed E-state index contributed by atoms with van der Waals surface area (Å²) < 4.78 is 35.7. The predicted octanol–water partition coefficient (Wildman–Crippen LogP) is 5.41. The molecule has 5 heterocycles. The van der Waals surface area contributed by atoms with Crippen LogP contribution in [0.15, 0.2) is 30.6 Å². The van der Waals surface area contributed by atoms with Gasteiger partial charge in [0, 0.05) is 36.3 Å². The number of pyridine rings is 1. The molecule has 44 heavy (non-hydrogen) atoms. The molecule has 4 aromatic rings. The lowest BCUT2D eigenvalue weighted by atomic mass is 9.93. The Morgan fingerprint density at radius 1 is 1.00 bits per heavy atom. The molecular weight excluding hydrogens is 562 g/mol. The molecule has 0 bridgehead atoms. The van der Waals surface area contributed by atoms with Gasteiger partial charge < -0.3 is 24.4 Å². The molecule has 0 spiro atoms. The maximum atomic E-state index is 15.1. The van der Waals surface area contributed by atoms with Gasteiger partial charge in [-0.25, -0.2) is 23.7 Å². The number of aromatic nitrogens is 5. The van der Waals surface area contributed by atoms with Crippen molar-refractivity contribution in [1.82, 2.24) is 34.7 Å². The molecule has 0 unspecified atom stereocenters. The summed E-state index contributed by atoms with van der Waals surface area (Å²) in [5, 5.41) is 0. The number of anilines is 1. The number of likely N-dealkylation sites (tertiary alicyclic amines) is 1. The minimum absolute atomic E-state index is 0.0504. The Balaban J connectivity index is 1.16. The largest absolute Gasteiger partial charge is 0.486 e. The monoisotopic (exact) mass is 604 g/mol. The average molecular weight is 605 g/mol. The summed E-state index contributed by atoms with van der Waals surface area (Å²) in [6.45, 7) is 16.1. The number of hydrogen-bond acceptors (Lipinski definition) is 8. The number of nitrogens with zero attached hydrogens (tertiary/aromatic N) is 7. The zero-order valence-corrected chi connectivity index (χ0v) is 26.1. The lowest BCUT2D eigenvalue weighted by molar-refractivity contribution is 0.178. The molecule has 1 aromatic carbocycles. The Morgan fingerprint density at radius 3 is 2.55 bits per heavy atom. The van der Waals surface area contributed by atoms with Crippen LogP contribution in [0.5, 0.6) is 5.75 Å². The summed E-state index contributed by atoms with van der Waals surface area (Å²) in [6, 6.07) is 5.25. The highest BCUT2D eigenvalue weighted by atomic mass is 19.1. The SMILES string of the molecule is CCN(CC)CCN1CCC(c2cc3nc(Cc4ncc(F)c(-c5cc(F)c6c(c5)N(C(C)C)CCO6)n4)[nH]c3cn2)CC1. The number of halogens is 2. The van der Waals surface area contributed by atoms with Crippen molar-refractivity contribution < 1.29 is 13.5 Å². The van der Waals surface area contributed by atoms with Gasteiger partial charge in [-0.15, -0.1) is 0 Å². The van der Waals surface area contributed by atoms with E-state index in [4.69, 9.17) is 14.7 Å². The van der Waals surface area contributed by atoms with Crippen LogP contribution in [0.1, 0.15) is 63.8 Å². The number of imidazole rings is 1. The van der Waals surface area contributed by atoms with Crippen LogP contribution < -0.4 is 9.64 Å². The summed E-state index contributed by atoms with van der Waals surface area (Å²) in [4.78, 5) is 28.7. The molecule has 0 saturated carbocycles. The number of H-pyrrole nitrogens is 1. The molecule has 1 N–H and O–H groups in total. The summed E-state index contributed by atoms with van der Waals surface area (Å²) in [7, 11) is 0. The fourth-order valence-electron chi connectivity index (χ4n) is 6.38. The number of likely N-dealkylation sites (N-methyl/N-ethyl adjacent to an activating group) is 1. The van der Waals surface area contributed by atoms with Gasteiger partial charge in [-0.2, -0.15) is 0 Å². The van der Waals surface area contributed by atoms with Gasteiger partial charge in [0.15, 0.2) is 17.4 Å². The van der Waals surface area contributed by atoms with E-state index in [0.717, 1.165) is 75.0 Å². The minimum atomic E-state index is -0.613. The number of nitrogens with one attached hydrogen (secondary N) is 1. The Hall–Kier alpha value is -3.70. The fraction of sp³-hybridized carbons (Fsp3) is 0.515. The zero-order valence-electron chi connectivity index (χ0n) is 26.1. The smallest absolute Gasteiger partial charge is 0.178 e. The fourth-order valence-corrected chi connectivity index (χ4v) is 6.38. The molecule has 6 rings (SSSR count). The van der Waals surface area contributed by atoms with Crippen LogP contribution in [-0.2, 0) is 6.42 Å². The van der Waals surface area contributed by atoms with Gasteiger partial charge in [-0.05, 0) is 71.1 Å². The highest BCUT2D eigenvalue weighted by Gasteiger charge is 2.26. The molecule has 2 aliphatic heterocycles. The third kappa shape index (κ3) is 6.39. The molecule has 3 aromatic heterocycles. The van der Waals surface area contributed by atoms with E-state index in [2.05, 4.69) is 49.6 Å². The van der Waals surface area contributed by atoms with Crippen LogP contribution in [0.25, 0.3) is 22.3 Å². The summed E-state index contributed by atoms with van der Waals surface area (Å²) in [6.07, 6.45) is 5.44. The van der Waals surface area contributed by atoms with Gasteiger partial charge in [-0.3, -0.25) is 4.98 Å². The molecule has 234 valence electrons. The van der Waals surface area contributed by atoms with Crippen molar-refractivity contribution in [3.63, 3.8) is 0 Å². The van der Waals surface area contributed by atoms with Crippen molar-refractivity contribution >= 4 is 16.7 Å². The van der Waals surface area contributed by atoms with Crippen molar-refractivity contribution in [2.24, 2.45) is 0 Å². The first-order chi connectivity index (χ1) is 21.3. The second-order valence-corrected chi connectivity index (χ2v) is 12.1. The molecule has 9 nitrogen and oxygen atoms in total. The van der Waals surface area contributed by atoms with Gasteiger partial charge in [-0.1, -0.05) is 13.8 Å². The highest BCUT2D eigenvalue weighted by Crippen LogP contribution is 2.39. The second-order valence-electron chi connectivity index (χ2n) is 12.1. The van der Waals surface area contributed by atoms with Crippen LogP contribution in [0, 0.1) is 11.6 Å². The average Bonchev–Trinajstić information content (AvgIpc) is 3.44. The van der Waals surface area contributed by atoms with Gasteiger partial charge in [0.05, 0.1) is 42.1 Å². The highest BCUT2D eigenvalue weighted by molar-refractivity contribution is 5.75. The number of benzene rings is 1. The summed E-state index contributed by atoms with van der Waals surface area (Å²) in [5.41, 5.74) is 3.76. The first-order valence-corrected chi connectivity index (χ1v) is 15.9. The van der Waals surface area contributed by atoms with E-state index in [0.29, 0.717) is 42.0 Å². The maximum absolute atomic E-state index is 15.1. The first kappa shape index (κ1) is 30.3. The number of ether oxygens (including phenoxy) is 1. The third-order valence-electron chi connectivity index (χ3n) is 9.00. The number of piperidine rings is 1. The van der Waals surface area contributed by atoms with Crippen molar-refractivity contribution in [3.8, 4) is 17.0 Å². The Kier molecular flexibility index (Phi) is 9.04. The molecule has 2 aliphatic rings. The van der Waals surface area contributed by atoms with Crippen LogP contribution >= 0.6 is 0 Å². The maximum Gasteiger partial charge on any atom is 0.178 e. The molecule has 1 saturated heterocycles. The Labute approximate surface area is 257 Å². The minimum Gasteiger partial charge on any atom is -0.486 e.